The monoisotopic (exact) mass is 306 g/mol. The number of carbonyl (C=O) groups excluding carboxylic acids is 1. The van der Waals surface area contributed by atoms with Crippen LogP contribution in [0.4, 0.5) is 0 Å². The molecule has 6 heteroatoms. The Hall–Kier alpha value is -3.02. The molecular formula is C17H14N4O2. The van der Waals surface area contributed by atoms with Gasteiger partial charge in [0.1, 0.15) is 0 Å². The number of nitrogens with zero attached hydrogens (tertiary/aromatic N) is 3. The molecule has 3 aromatic rings. The van der Waals surface area contributed by atoms with E-state index in [2.05, 4.69) is 15.0 Å². The maximum absolute atomic E-state index is 12.7. The number of aromatic nitrogens is 3. The quantitative estimate of drug-likeness (QED) is 0.743. The summed E-state index contributed by atoms with van der Waals surface area (Å²) in [6.07, 6.45) is 1.80. The first-order valence-electron chi connectivity index (χ1n) is 7.34. The lowest BCUT2D eigenvalue weighted by Gasteiger charge is -2.14. The molecule has 0 aliphatic carbocycles. The first-order chi connectivity index (χ1) is 11.1. The Morgan fingerprint density at radius 1 is 1.22 bits per heavy atom. The first kappa shape index (κ1) is 13.6. The summed E-state index contributed by atoms with van der Waals surface area (Å²) in [4.78, 5) is 37.6. The zero-order chi connectivity index (χ0) is 16.0. The van der Waals surface area contributed by atoms with Crippen molar-refractivity contribution in [3.8, 4) is 0 Å². The van der Waals surface area contributed by atoms with Gasteiger partial charge in [-0.15, -0.1) is 0 Å². The number of hydrogen-bond donors (Lipinski definition) is 1. The molecule has 1 amide bonds. The second-order valence-electron chi connectivity index (χ2n) is 5.69. The van der Waals surface area contributed by atoms with Gasteiger partial charge in [0.25, 0.3) is 11.5 Å². The molecule has 114 valence electrons. The molecule has 0 saturated heterocycles. The minimum atomic E-state index is -0.298. The number of nitrogens with one attached hydrogen (secondary N) is 1. The van der Waals surface area contributed by atoms with Crippen molar-refractivity contribution in [2.45, 2.75) is 20.0 Å². The van der Waals surface area contributed by atoms with Gasteiger partial charge in [0.2, 0.25) is 0 Å². The van der Waals surface area contributed by atoms with Gasteiger partial charge in [0, 0.05) is 25.0 Å². The van der Waals surface area contributed by atoms with Gasteiger partial charge in [-0.1, -0.05) is 12.1 Å². The zero-order valence-electron chi connectivity index (χ0n) is 12.5. The Morgan fingerprint density at radius 3 is 2.87 bits per heavy atom. The molecule has 1 N–H and O–H groups in total. The van der Waals surface area contributed by atoms with E-state index in [-0.39, 0.29) is 17.3 Å². The fourth-order valence-corrected chi connectivity index (χ4v) is 2.88. The lowest BCUT2D eigenvalue weighted by molar-refractivity contribution is 0.0739. The number of benzene rings is 1. The molecule has 0 bridgehead atoms. The molecule has 23 heavy (non-hydrogen) atoms. The molecule has 0 saturated carbocycles. The third kappa shape index (κ3) is 2.28. The number of aromatic amines is 1. The van der Waals surface area contributed by atoms with Crippen LogP contribution in [0.2, 0.25) is 0 Å². The molecule has 1 aliphatic rings. The van der Waals surface area contributed by atoms with Crippen molar-refractivity contribution < 1.29 is 4.79 Å². The highest BCUT2D eigenvalue weighted by atomic mass is 16.2. The van der Waals surface area contributed by atoms with E-state index in [1.807, 2.05) is 13.0 Å². The van der Waals surface area contributed by atoms with E-state index in [1.165, 1.54) is 0 Å². The van der Waals surface area contributed by atoms with Gasteiger partial charge in [0.05, 0.1) is 10.9 Å². The molecule has 0 fully saturated rings. The lowest BCUT2D eigenvalue weighted by Crippen LogP contribution is -2.29. The van der Waals surface area contributed by atoms with Crippen LogP contribution in [-0.4, -0.2) is 25.8 Å². The van der Waals surface area contributed by atoms with Crippen LogP contribution in [-0.2, 0) is 13.1 Å². The number of pyridine rings is 1. The van der Waals surface area contributed by atoms with Crippen LogP contribution in [0.15, 0.2) is 41.3 Å². The van der Waals surface area contributed by atoms with E-state index in [1.54, 1.807) is 35.4 Å². The van der Waals surface area contributed by atoms with Crippen LogP contribution in [0.3, 0.4) is 0 Å². The average molecular weight is 306 g/mol. The number of fused-ring (bicyclic) bond motifs is 2. The molecule has 0 unspecified atom stereocenters. The van der Waals surface area contributed by atoms with Gasteiger partial charge in [0.15, 0.2) is 5.82 Å². The third-order valence-corrected chi connectivity index (χ3v) is 4.04. The lowest BCUT2D eigenvalue weighted by atomic mass is 10.2. The number of hydrogen-bond acceptors (Lipinski definition) is 4. The predicted octanol–water partition coefficient (Wildman–Crippen LogP) is 1.78. The van der Waals surface area contributed by atoms with Gasteiger partial charge >= 0.3 is 0 Å². The minimum Gasteiger partial charge on any atom is -0.327 e. The maximum atomic E-state index is 12.7. The molecular weight excluding hydrogens is 292 g/mol. The van der Waals surface area contributed by atoms with E-state index in [4.69, 9.17) is 0 Å². The molecule has 1 aliphatic heterocycles. The summed E-state index contributed by atoms with van der Waals surface area (Å²) in [7, 11) is 0. The normalized spacial score (nSPS) is 13.3. The summed E-state index contributed by atoms with van der Waals surface area (Å²) in [6, 6.07) is 8.97. The van der Waals surface area contributed by atoms with Gasteiger partial charge in [-0.2, -0.15) is 0 Å². The number of rotatable bonds is 1. The standard InChI is InChI=1S/C17H14N4O2/c1-10-6-11-8-21(9-12(11)7-18-10)17(23)15-19-14-5-3-2-4-13(14)16(22)20-15/h2-7H,8-9H2,1H3,(H,19,20,22). The maximum Gasteiger partial charge on any atom is 0.290 e. The molecule has 0 atom stereocenters. The van der Waals surface area contributed by atoms with Crippen molar-refractivity contribution >= 4 is 16.8 Å². The topological polar surface area (TPSA) is 79.0 Å². The molecule has 6 nitrogen and oxygen atoms in total. The second kappa shape index (κ2) is 5.01. The number of H-pyrrole nitrogens is 1. The van der Waals surface area contributed by atoms with Gasteiger partial charge < -0.3 is 9.88 Å². The van der Waals surface area contributed by atoms with Crippen LogP contribution in [0.1, 0.15) is 27.4 Å². The van der Waals surface area contributed by atoms with Gasteiger partial charge in [-0.3, -0.25) is 14.6 Å². The van der Waals surface area contributed by atoms with Crippen molar-refractivity contribution in [2.75, 3.05) is 0 Å². The van der Waals surface area contributed by atoms with Crippen molar-refractivity contribution in [2.24, 2.45) is 0 Å². The highest BCUT2D eigenvalue weighted by Crippen LogP contribution is 2.23. The Morgan fingerprint density at radius 2 is 2.00 bits per heavy atom. The number of aryl methyl sites for hydroxylation is 1. The van der Waals surface area contributed by atoms with Crippen LogP contribution in [0.5, 0.6) is 0 Å². The molecule has 2 aromatic heterocycles. The molecule has 0 spiro atoms. The van der Waals surface area contributed by atoms with Crippen molar-refractivity contribution in [3.05, 3.63) is 69.5 Å². The minimum absolute atomic E-state index is 0.0752. The summed E-state index contributed by atoms with van der Waals surface area (Å²) < 4.78 is 0. The van der Waals surface area contributed by atoms with Gasteiger partial charge in [-0.25, -0.2) is 4.98 Å². The highest BCUT2D eigenvalue weighted by molar-refractivity contribution is 5.93. The van der Waals surface area contributed by atoms with Crippen molar-refractivity contribution in [1.29, 1.82) is 0 Å². The highest BCUT2D eigenvalue weighted by Gasteiger charge is 2.26. The smallest absolute Gasteiger partial charge is 0.290 e. The summed E-state index contributed by atoms with van der Waals surface area (Å²) in [6.45, 7) is 2.92. The van der Waals surface area contributed by atoms with Crippen LogP contribution in [0, 0.1) is 6.92 Å². The van der Waals surface area contributed by atoms with Crippen LogP contribution < -0.4 is 5.56 Å². The Kier molecular flexibility index (Phi) is 2.97. The average Bonchev–Trinajstić information content (AvgIpc) is 2.97. The van der Waals surface area contributed by atoms with E-state index in [0.29, 0.717) is 24.0 Å². The summed E-state index contributed by atoms with van der Waals surface area (Å²) in [5, 5.41) is 0.480. The fourth-order valence-electron chi connectivity index (χ4n) is 2.88. The van der Waals surface area contributed by atoms with Gasteiger partial charge in [-0.05, 0) is 36.2 Å². The second-order valence-corrected chi connectivity index (χ2v) is 5.69. The Bertz CT molecular complexity index is 993. The van der Waals surface area contributed by atoms with Crippen molar-refractivity contribution in [3.63, 3.8) is 0 Å². The fraction of sp³-hybridized carbons (Fsp3) is 0.176. The Balaban J connectivity index is 1.70. The first-order valence-corrected chi connectivity index (χ1v) is 7.34. The van der Waals surface area contributed by atoms with E-state index in [9.17, 15) is 9.59 Å². The summed E-state index contributed by atoms with van der Waals surface area (Å²) in [5.74, 6) is -0.201. The molecule has 4 rings (SSSR count). The third-order valence-electron chi connectivity index (χ3n) is 4.04. The van der Waals surface area contributed by atoms with Crippen molar-refractivity contribution in [1.82, 2.24) is 19.9 Å². The number of para-hydroxylation sites is 1. The largest absolute Gasteiger partial charge is 0.327 e. The number of amides is 1. The molecule has 1 aromatic carbocycles. The van der Waals surface area contributed by atoms with E-state index in [0.717, 1.165) is 16.8 Å². The van der Waals surface area contributed by atoms with E-state index < -0.39 is 0 Å². The van der Waals surface area contributed by atoms with E-state index >= 15 is 0 Å². The Labute approximate surface area is 131 Å². The SMILES string of the molecule is Cc1cc2c(cn1)CN(C(=O)c1nc3ccccc3c(=O)[nH]1)C2. The zero-order valence-corrected chi connectivity index (χ0v) is 12.5. The molecule has 3 heterocycles. The summed E-state index contributed by atoms with van der Waals surface area (Å²) in [5.41, 5.74) is 3.28. The predicted molar refractivity (Wildman–Crippen MR) is 84.9 cm³/mol. The van der Waals surface area contributed by atoms with Crippen LogP contribution in [0.25, 0.3) is 10.9 Å². The number of carbonyl (C=O) groups is 1. The van der Waals surface area contributed by atoms with Crippen LogP contribution >= 0.6 is 0 Å². The summed E-state index contributed by atoms with van der Waals surface area (Å²) >= 11 is 0. The molecule has 0 radical (unpaired) electrons.